The number of nitrogens with one attached hydrogen (secondary N) is 1. The van der Waals surface area contributed by atoms with Gasteiger partial charge in [-0.2, -0.15) is 0 Å². The fourth-order valence-electron chi connectivity index (χ4n) is 3.78. The van der Waals surface area contributed by atoms with Gasteiger partial charge < -0.3 is 19.9 Å². The molecule has 1 aliphatic rings. The predicted octanol–water partition coefficient (Wildman–Crippen LogP) is 3.71. The van der Waals surface area contributed by atoms with E-state index in [4.69, 9.17) is 4.74 Å². The summed E-state index contributed by atoms with van der Waals surface area (Å²) in [6.45, 7) is 5.91. The molecule has 2 heterocycles. The Morgan fingerprint density at radius 2 is 1.97 bits per heavy atom. The molecule has 31 heavy (non-hydrogen) atoms. The number of para-hydroxylation sites is 1. The maximum atomic E-state index is 13.0. The summed E-state index contributed by atoms with van der Waals surface area (Å²) in [4.78, 5) is 42.1. The molecule has 8 heteroatoms. The van der Waals surface area contributed by atoms with E-state index < -0.39 is 5.97 Å². The number of anilines is 2. The number of rotatable bonds is 6. The summed E-state index contributed by atoms with van der Waals surface area (Å²) in [5, 5.41) is 3.22. The van der Waals surface area contributed by atoms with Crippen molar-refractivity contribution in [2.75, 3.05) is 37.5 Å². The van der Waals surface area contributed by atoms with Crippen LogP contribution < -0.4 is 10.2 Å². The third kappa shape index (κ3) is 4.74. The van der Waals surface area contributed by atoms with E-state index >= 15 is 0 Å². The van der Waals surface area contributed by atoms with E-state index in [-0.39, 0.29) is 36.6 Å². The third-order valence-electron chi connectivity index (χ3n) is 5.46. The number of hydrogen-bond donors (Lipinski definition) is 1. The number of amides is 2. The van der Waals surface area contributed by atoms with Crippen LogP contribution in [0.25, 0.3) is 0 Å². The van der Waals surface area contributed by atoms with E-state index in [1.165, 1.54) is 10.5 Å². The second-order valence-electron chi connectivity index (χ2n) is 7.87. The second kappa shape index (κ2) is 9.51. The standard InChI is InChI=1S/C23H29N3O4S/c1-6-30-23(29)19-15(3)20(22(28)25(4)5)31-21(19)24-18(27)13-26-14(2)11-12-16-9-7-8-10-17(16)26/h7-10,14H,6,11-13H2,1-5H3,(H,24,27). The zero-order valence-electron chi connectivity index (χ0n) is 18.7. The van der Waals surface area contributed by atoms with Gasteiger partial charge in [-0.1, -0.05) is 18.2 Å². The monoisotopic (exact) mass is 443 g/mol. The molecule has 1 aromatic carbocycles. The van der Waals surface area contributed by atoms with E-state index in [9.17, 15) is 14.4 Å². The highest BCUT2D eigenvalue weighted by Crippen LogP contribution is 2.35. The molecule has 0 aliphatic carbocycles. The number of benzene rings is 1. The van der Waals surface area contributed by atoms with E-state index in [2.05, 4.69) is 23.2 Å². The van der Waals surface area contributed by atoms with Gasteiger partial charge in [0.2, 0.25) is 5.91 Å². The van der Waals surface area contributed by atoms with Gasteiger partial charge >= 0.3 is 5.97 Å². The lowest BCUT2D eigenvalue weighted by atomic mass is 9.96. The molecule has 166 valence electrons. The first kappa shape index (κ1) is 22.8. The Balaban J connectivity index is 1.88. The zero-order chi connectivity index (χ0) is 22.7. The molecular formula is C23H29N3O4S. The topological polar surface area (TPSA) is 79.0 Å². The van der Waals surface area contributed by atoms with Crippen LogP contribution in [0.3, 0.4) is 0 Å². The molecule has 2 amide bonds. The Morgan fingerprint density at radius 1 is 1.26 bits per heavy atom. The Kier molecular flexibility index (Phi) is 7.00. The van der Waals surface area contributed by atoms with Crippen molar-refractivity contribution in [1.29, 1.82) is 0 Å². The van der Waals surface area contributed by atoms with Gasteiger partial charge in [-0.15, -0.1) is 11.3 Å². The molecular weight excluding hydrogens is 414 g/mol. The predicted molar refractivity (Wildman–Crippen MR) is 123 cm³/mol. The average Bonchev–Trinajstić information content (AvgIpc) is 3.05. The van der Waals surface area contributed by atoms with Crippen molar-refractivity contribution >= 4 is 39.8 Å². The Bertz CT molecular complexity index is 999. The average molecular weight is 444 g/mol. The fraction of sp³-hybridized carbons (Fsp3) is 0.435. The lowest BCUT2D eigenvalue weighted by Crippen LogP contribution is -2.42. The van der Waals surface area contributed by atoms with Crippen LogP contribution in [0.15, 0.2) is 24.3 Å². The van der Waals surface area contributed by atoms with Crippen LogP contribution in [0.2, 0.25) is 0 Å². The molecule has 0 saturated carbocycles. The first-order valence-corrected chi connectivity index (χ1v) is 11.2. The molecule has 1 aromatic heterocycles. The van der Waals surface area contributed by atoms with Crippen LogP contribution in [0.4, 0.5) is 10.7 Å². The summed E-state index contributed by atoms with van der Waals surface area (Å²) in [6.07, 6.45) is 1.96. The number of nitrogens with zero attached hydrogens (tertiary/aromatic N) is 2. The summed E-state index contributed by atoms with van der Waals surface area (Å²) in [5.41, 5.74) is 3.06. The SMILES string of the molecule is CCOC(=O)c1c(NC(=O)CN2c3ccccc3CCC2C)sc(C(=O)N(C)C)c1C. The zero-order valence-corrected chi connectivity index (χ0v) is 19.5. The van der Waals surface area contributed by atoms with E-state index in [1.54, 1.807) is 27.9 Å². The number of fused-ring (bicyclic) bond motifs is 1. The van der Waals surface area contributed by atoms with Crippen molar-refractivity contribution in [3.8, 4) is 0 Å². The highest BCUT2D eigenvalue weighted by molar-refractivity contribution is 7.18. The highest BCUT2D eigenvalue weighted by atomic mass is 32.1. The number of ether oxygens (including phenoxy) is 1. The molecule has 0 bridgehead atoms. The molecule has 7 nitrogen and oxygen atoms in total. The van der Waals surface area contributed by atoms with Crippen molar-refractivity contribution in [2.24, 2.45) is 0 Å². The highest BCUT2D eigenvalue weighted by Gasteiger charge is 2.29. The third-order valence-corrected chi connectivity index (χ3v) is 6.65. The maximum Gasteiger partial charge on any atom is 0.341 e. The molecule has 1 aliphatic heterocycles. The van der Waals surface area contributed by atoms with E-state index in [0.717, 1.165) is 29.9 Å². The van der Waals surface area contributed by atoms with E-state index in [0.29, 0.717) is 15.4 Å². The first-order valence-electron chi connectivity index (χ1n) is 10.4. The summed E-state index contributed by atoms with van der Waals surface area (Å²) in [7, 11) is 3.30. The minimum atomic E-state index is -0.541. The molecule has 0 spiro atoms. The van der Waals surface area contributed by atoms with Crippen molar-refractivity contribution in [3.63, 3.8) is 0 Å². The molecule has 2 aromatic rings. The van der Waals surface area contributed by atoms with Crippen LogP contribution in [0.1, 0.15) is 51.4 Å². The largest absolute Gasteiger partial charge is 0.462 e. The van der Waals surface area contributed by atoms with Gasteiger partial charge in [-0.05, 0) is 50.8 Å². The Morgan fingerprint density at radius 3 is 2.65 bits per heavy atom. The number of carbonyl (C=O) groups is 3. The summed E-state index contributed by atoms with van der Waals surface area (Å²) < 4.78 is 5.18. The number of hydrogen-bond acceptors (Lipinski definition) is 6. The van der Waals surface area contributed by atoms with Gasteiger partial charge in [-0.25, -0.2) is 4.79 Å². The molecule has 0 saturated heterocycles. The van der Waals surface area contributed by atoms with Gasteiger partial charge in [0.1, 0.15) is 5.00 Å². The van der Waals surface area contributed by atoms with Crippen LogP contribution in [0.5, 0.6) is 0 Å². The minimum Gasteiger partial charge on any atom is -0.462 e. The second-order valence-corrected chi connectivity index (χ2v) is 8.89. The number of thiophene rings is 1. The van der Waals surface area contributed by atoms with Gasteiger partial charge in [0.15, 0.2) is 0 Å². The molecule has 0 fully saturated rings. The van der Waals surface area contributed by atoms with Crippen molar-refractivity contribution in [3.05, 3.63) is 45.8 Å². The van der Waals surface area contributed by atoms with Crippen LogP contribution >= 0.6 is 11.3 Å². The lowest BCUT2D eigenvalue weighted by molar-refractivity contribution is -0.115. The van der Waals surface area contributed by atoms with Crippen LogP contribution in [0, 0.1) is 6.92 Å². The van der Waals surface area contributed by atoms with Crippen LogP contribution in [-0.4, -0.2) is 56.0 Å². The molecule has 1 atom stereocenters. The molecule has 3 rings (SSSR count). The molecule has 1 N–H and O–H groups in total. The summed E-state index contributed by atoms with van der Waals surface area (Å²) in [5.74, 6) is -0.993. The summed E-state index contributed by atoms with van der Waals surface area (Å²) in [6, 6.07) is 8.33. The number of aryl methyl sites for hydroxylation is 1. The molecule has 0 radical (unpaired) electrons. The van der Waals surface area contributed by atoms with Crippen molar-refractivity contribution < 1.29 is 19.1 Å². The summed E-state index contributed by atoms with van der Waals surface area (Å²) >= 11 is 1.11. The first-order chi connectivity index (χ1) is 14.7. The quantitative estimate of drug-likeness (QED) is 0.689. The smallest absolute Gasteiger partial charge is 0.341 e. The lowest BCUT2D eigenvalue weighted by Gasteiger charge is -2.36. The van der Waals surface area contributed by atoms with Crippen LogP contribution in [-0.2, 0) is 16.0 Å². The van der Waals surface area contributed by atoms with Crippen molar-refractivity contribution in [1.82, 2.24) is 4.90 Å². The number of esters is 1. The van der Waals surface area contributed by atoms with Crippen molar-refractivity contribution in [2.45, 2.75) is 39.7 Å². The van der Waals surface area contributed by atoms with E-state index in [1.807, 2.05) is 18.2 Å². The van der Waals surface area contributed by atoms with Gasteiger partial charge in [0, 0.05) is 25.8 Å². The van der Waals surface area contributed by atoms with Gasteiger partial charge in [0.25, 0.3) is 5.91 Å². The maximum absolute atomic E-state index is 13.0. The fourth-order valence-corrected chi connectivity index (χ4v) is 5.01. The molecule has 1 unspecified atom stereocenters. The number of carbonyl (C=O) groups excluding carboxylic acids is 3. The minimum absolute atomic E-state index is 0.161. The van der Waals surface area contributed by atoms with Gasteiger partial charge in [-0.3, -0.25) is 9.59 Å². The van der Waals surface area contributed by atoms with Gasteiger partial charge in [0.05, 0.1) is 23.6 Å². The normalized spacial score (nSPS) is 15.3. The Labute approximate surface area is 187 Å². The Hall–Kier alpha value is -2.87.